The molecule has 1 atom stereocenters. The van der Waals surface area contributed by atoms with Crippen LogP contribution in [0, 0.1) is 12.8 Å². The van der Waals surface area contributed by atoms with Crippen LogP contribution in [0.25, 0.3) is 5.69 Å². The van der Waals surface area contributed by atoms with Gasteiger partial charge in [0, 0.05) is 19.0 Å². The van der Waals surface area contributed by atoms with E-state index in [0.29, 0.717) is 17.4 Å². The average molecular weight is 363 g/mol. The molecular weight excluding hydrogens is 344 g/mol. The monoisotopic (exact) mass is 363 g/mol. The number of rotatable bonds is 4. The Morgan fingerprint density at radius 3 is 2.81 bits per heavy atom. The van der Waals surface area contributed by atoms with Gasteiger partial charge in [-0.05, 0) is 25.0 Å². The van der Waals surface area contributed by atoms with Crippen molar-refractivity contribution in [2.75, 3.05) is 13.7 Å². The van der Waals surface area contributed by atoms with E-state index >= 15 is 0 Å². The van der Waals surface area contributed by atoms with E-state index in [1.807, 2.05) is 23.8 Å². The van der Waals surface area contributed by atoms with Crippen molar-refractivity contribution in [1.29, 1.82) is 0 Å². The molecule has 1 N–H and O–H groups in total. The summed E-state index contributed by atoms with van der Waals surface area (Å²) in [6.07, 6.45) is 3.29. The second-order valence-electron chi connectivity index (χ2n) is 6.66. The Balaban J connectivity index is 1.55. The molecule has 2 aromatic rings. The Kier molecular flexibility index (Phi) is 4.01. The molecule has 138 valence electrons. The number of pyridine rings is 1. The number of imidazole rings is 1. The normalized spacial score (nSPS) is 22.0. The smallest absolute Gasteiger partial charge is 0.248 e. The average Bonchev–Trinajstić information content (AvgIpc) is 3.05. The molecule has 2 aromatic heterocycles. The van der Waals surface area contributed by atoms with E-state index in [1.54, 1.807) is 12.4 Å². The molecule has 7 nitrogen and oxygen atoms in total. The molecule has 1 saturated carbocycles. The molecule has 0 spiro atoms. The third-order valence-corrected chi connectivity index (χ3v) is 4.69. The van der Waals surface area contributed by atoms with Gasteiger partial charge in [-0.25, -0.2) is 18.7 Å². The maximum Gasteiger partial charge on any atom is 0.248 e. The molecule has 1 aliphatic heterocycles. The van der Waals surface area contributed by atoms with E-state index in [2.05, 4.69) is 20.4 Å². The number of alkyl halides is 2. The van der Waals surface area contributed by atoms with Crippen molar-refractivity contribution in [2.45, 2.75) is 31.7 Å². The number of ether oxygens (including phenoxy) is 1. The molecular formula is C17H19F2N5O2. The lowest BCUT2D eigenvalue weighted by Gasteiger charge is -2.41. The highest BCUT2D eigenvalue weighted by atomic mass is 19.3. The lowest BCUT2D eigenvalue weighted by molar-refractivity contribution is -0.124. The molecule has 0 bridgehead atoms. The molecule has 0 radical (unpaired) electrons. The van der Waals surface area contributed by atoms with Gasteiger partial charge in [-0.3, -0.25) is 0 Å². The first kappa shape index (κ1) is 16.7. The molecule has 1 unspecified atom stereocenters. The van der Waals surface area contributed by atoms with Crippen LogP contribution in [0.15, 0.2) is 29.8 Å². The standard InChI is InChI=1S/C17H19F2N5O2/c1-10-7-24(9-20-10)14-4-3-12(22-16(14)25-2)15-21-13(8-26-23-15)11-5-17(18,19)6-11/h3-4,7,9,11,13H,5-6,8H2,1-2H3,(H,21,23). The Labute approximate surface area is 149 Å². The van der Waals surface area contributed by atoms with Crippen molar-refractivity contribution >= 4 is 5.84 Å². The van der Waals surface area contributed by atoms with Gasteiger partial charge in [-0.2, -0.15) is 0 Å². The van der Waals surface area contributed by atoms with Gasteiger partial charge in [-0.15, -0.1) is 0 Å². The fourth-order valence-corrected chi connectivity index (χ4v) is 3.26. The van der Waals surface area contributed by atoms with Crippen molar-refractivity contribution < 1.29 is 18.4 Å². The van der Waals surface area contributed by atoms with Gasteiger partial charge in [0.05, 0.1) is 25.2 Å². The van der Waals surface area contributed by atoms with E-state index in [-0.39, 0.29) is 31.4 Å². The highest BCUT2D eigenvalue weighted by Gasteiger charge is 2.49. The molecule has 4 rings (SSSR count). The van der Waals surface area contributed by atoms with Gasteiger partial charge in [0.25, 0.3) is 0 Å². The lowest BCUT2D eigenvalue weighted by Crippen LogP contribution is -2.53. The van der Waals surface area contributed by atoms with Crippen LogP contribution in [0.3, 0.4) is 0 Å². The Bertz CT molecular complexity index is 843. The topological polar surface area (TPSA) is 73.6 Å². The molecule has 2 aliphatic rings. The van der Waals surface area contributed by atoms with Crippen molar-refractivity contribution in [3.63, 3.8) is 0 Å². The predicted molar refractivity (Wildman–Crippen MR) is 89.7 cm³/mol. The Morgan fingerprint density at radius 1 is 1.35 bits per heavy atom. The molecule has 26 heavy (non-hydrogen) atoms. The van der Waals surface area contributed by atoms with Crippen LogP contribution in [0.2, 0.25) is 0 Å². The summed E-state index contributed by atoms with van der Waals surface area (Å²) >= 11 is 0. The van der Waals surface area contributed by atoms with E-state index in [9.17, 15) is 8.78 Å². The van der Waals surface area contributed by atoms with Crippen LogP contribution in [-0.4, -0.2) is 46.1 Å². The number of hydrogen-bond acceptors (Lipinski definition) is 6. The third-order valence-electron chi connectivity index (χ3n) is 4.69. The van der Waals surface area contributed by atoms with Crippen molar-refractivity contribution in [3.05, 3.63) is 36.0 Å². The fourth-order valence-electron chi connectivity index (χ4n) is 3.26. The molecule has 0 aromatic carbocycles. The summed E-state index contributed by atoms with van der Waals surface area (Å²) in [5.74, 6) is -1.87. The largest absolute Gasteiger partial charge is 0.479 e. The summed E-state index contributed by atoms with van der Waals surface area (Å²) in [5, 5.41) is 7.17. The highest BCUT2D eigenvalue weighted by Crippen LogP contribution is 2.44. The van der Waals surface area contributed by atoms with Crippen LogP contribution in [0.4, 0.5) is 8.78 Å². The number of aromatic nitrogens is 3. The number of methoxy groups -OCH3 is 1. The number of aryl methyl sites for hydroxylation is 1. The van der Waals surface area contributed by atoms with E-state index in [1.165, 1.54) is 7.11 Å². The van der Waals surface area contributed by atoms with Gasteiger partial charge in [0.15, 0.2) is 5.84 Å². The molecule has 3 heterocycles. The number of amidine groups is 1. The van der Waals surface area contributed by atoms with Gasteiger partial charge in [0.1, 0.15) is 18.0 Å². The molecule has 1 fully saturated rings. The number of nitrogens with one attached hydrogen (secondary N) is 1. The van der Waals surface area contributed by atoms with Gasteiger partial charge >= 0.3 is 0 Å². The van der Waals surface area contributed by atoms with Gasteiger partial charge in [-0.1, -0.05) is 5.16 Å². The van der Waals surface area contributed by atoms with Crippen LogP contribution >= 0.6 is 0 Å². The van der Waals surface area contributed by atoms with E-state index < -0.39 is 5.92 Å². The highest BCUT2D eigenvalue weighted by molar-refractivity contribution is 5.97. The Morgan fingerprint density at radius 2 is 2.15 bits per heavy atom. The lowest BCUT2D eigenvalue weighted by atomic mass is 9.76. The summed E-state index contributed by atoms with van der Waals surface area (Å²) < 4.78 is 33.5. The van der Waals surface area contributed by atoms with E-state index in [4.69, 9.17) is 9.57 Å². The second-order valence-corrected chi connectivity index (χ2v) is 6.66. The van der Waals surface area contributed by atoms with Gasteiger partial charge in [0.2, 0.25) is 11.8 Å². The summed E-state index contributed by atoms with van der Waals surface area (Å²) in [6, 6.07) is 3.42. The van der Waals surface area contributed by atoms with Crippen LogP contribution in [0.1, 0.15) is 24.2 Å². The Hall–Kier alpha value is -2.71. The van der Waals surface area contributed by atoms with E-state index in [0.717, 1.165) is 11.4 Å². The van der Waals surface area contributed by atoms with Crippen molar-refractivity contribution in [2.24, 2.45) is 11.1 Å². The fraction of sp³-hybridized carbons (Fsp3) is 0.471. The maximum absolute atomic E-state index is 13.1. The van der Waals surface area contributed by atoms with Crippen LogP contribution in [0.5, 0.6) is 5.88 Å². The minimum absolute atomic E-state index is 0.128. The third kappa shape index (κ3) is 3.09. The summed E-state index contributed by atoms with van der Waals surface area (Å²) in [5.41, 5.74) is 2.14. The molecule has 1 aliphatic carbocycles. The minimum Gasteiger partial charge on any atom is -0.479 e. The zero-order chi connectivity index (χ0) is 18.3. The predicted octanol–water partition coefficient (Wildman–Crippen LogP) is 2.28. The minimum atomic E-state index is -2.56. The van der Waals surface area contributed by atoms with Gasteiger partial charge < -0.3 is 19.5 Å². The first-order valence-electron chi connectivity index (χ1n) is 8.36. The summed E-state index contributed by atoms with van der Waals surface area (Å²) in [6.45, 7) is 2.17. The number of halogens is 2. The number of nitrogens with zero attached hydrogens (tertiary/aromatic N) is 4. The first-order valence-corrected chi connectivity index (χ1v) is 8.36. The molecule has 0 saturated heterocycles. The van der Waals surface area contributed by atoms with Crippen molar-refractivity contribution in [3.8, 4) is 11.6 Å². The van der Waals surface area contributed by atoms with Crippen LogP contribution < -0.4 is 10.1 Å². The number of oxime groups is 1. The summed E-state index contributed by atoms with van der Waals surface area (Å²) in [4.78, 5) is 13.9. The number of hydrogen-bond donors (Lipinski definition) is 1. The zero-order valence-electron chi connectivity index (χ0n) is 14.4. The maximum atomic E-state index is 13.1. The molecule has 9 heteroatoms. The second kappa shape index (κ2) is 6.22. The zero-order valence-corrected chi connectivity index (χ0v) is 14.4. The summed E-state index contributed by atoms with van der Waals surface area (Å²) in [7, 11) is 1.53. The SMILES string of the molecule is COc1nc(C2=NOCC(C3CC(F)(F)C3)N2)ccc1-n1cnc(C)c1. The van der Waals surface area contributed by atoms with Crippen molar-refractivity contribution in [1.82, 2.24) is 19.9 Å². The van der Waals surface area contributed by atoms with Crippen LogP contribution in [-0.2, 0) is 4.84 Å². The molecule has 0 amide bonds. The first-order chi connectivity index (χ1) is 12.4. The quantitative estimate of drug-likeness (QED) is 0.902.